The van der Waals surface area contributed by atoms with E-state index < -0.39 is 15.8 Å². The van der Waals surface area contributed by atoms with E-state index in [9.17, 15) is 12.8 Å². The predicted octanol–water partition coefficient (Wildman–Crippen LogP) is 4.79. The average Bonchev–Trinajstić information content (AvgIpc) is 2.88. The third kappa shape index (κ3) is 3.98. The molecule has 9 heteroatoms. The second kappa shape index (κ2) is 8.14. The first kappa shape index (κ1) is 21.3. The van der Waals surface area contributed by atoms with E-state index in [1.807, 2.05) is 25.1 Å². The Morgan fingerprint density at radius 1 is 1.14 bits per heavy atom. The number of benzene rings is 2. The molecule has 5 nitrogen and oxygen atoms in total. The van der Waals surface area contributed by atoms with Crippen molar-refractivity contribution in [2.24, 2.45) is 0 Å². The van der Waals surface area contributed by atoms with Gasteiger partial charge >= 0.3 is 0 Å². The monoisotopic (exact) mass is 532 g/mol. The van der Waals surface area contributed by atoms with Gasteiger partial charge in [-0.05, 0) is 73.3 Å². The molecule has 0 saturated carbocycles. The predicted molar refractivity (Wildman–Crippen MR) is 115 cm³/mol. The van der Waals surface area contributed by atoms with E-state index in [0.29, 0.717) is 40.0 Å². The third-order valence-electron chi connectivity index (χ3n) is 4.25. The average molecular weight is 534 g/mol. The number of aromatic nitrogens is 1. The maximum absolute atomic E-state index is 13.4. The molecule has 1 aromatic heterocycles. The van der Waals surface area contributed by atoms with Gasteiger partial charge in [0.05, 0.1) is 16.1 Å². The molecule has 0 radical (unpaired) electrons. The highest BCUT2D eigenvalue weighted by Crippen LogP contribution is 2.41. The van der Waals surface area contributed by atoms with Gasteiger partial charge < -0.3 is 9.64 Å². The summed E-state index contributed by atoms with van der Waals surface area (Å²) in [7, 11) is -0.0823. The Hall–Kier alpha value is -1.42. The number of fused-ring (bicyclic) bond motifs is 1. The minimum atomic E-state index is -3.95. The second-order valence-corrected chi connectivity index (χ2v) is 10.1. The minimum absolute atomic E-state index is 0.00330. The van der Waals surface area contributed by atoms with Gasteiger partial charge in [-0.25, -0.2) is 16.8 Å². The van der Waals surface area contributed by atoms with E-state index in [2.05, 4.69) is 31.9 Å². The molecule has 0 aliphatic rings. The Balaban J connectivity index is 2.25. The van der Waals surface area contributed by atoms with E-state index in [1.165, 1.54) is 16.1 Å². The molecule has 3 aromatic rings. The molecule has 0 spiro atoms. The van der Waals surface area contributed by atoms with Crippen LogP contribution in [-0.4, -0.2) is 44.5 Å². The highest BCUT2D eigenvalue weighted by Gasteiger charge is 2.27. The van der Waals surface area contributed by atoms with Crippen molar-refractivity contribution in [3.63, 3.8) is 0 Å². The van der Waals surface area contributed by atoms with Crippen LogP contribution in [-0.2, 0) is 10.0 Å². The van der Waals surface area contributed by atoms with Crippen molar-refractivity contribution in [2.75, 3.05) is 27.2 Å². The number of hydrogen-bond acceptors (Lipinski definition) is 4. The molecule has 0 unspecified atom stereocenters. The van der Waals surface area contributed by atoms with Gasteiger partial charge in [0.1, 0.15) is 18.2 Å². The van der Waals surface area contributed by atoms with Crippen LogP contribution in [0.3, 0.4) is 0 Å². The zero-order valence-corrected chi connectivity index (χ0v) is 19.5. The van der Waals surface area contributed by atoms with E-state index >= 15 is 0 Å². The lowest BCUT2D eigenvalue weighted by Crippen LogP contribution is -2.20. The maximum atomic E-state index is 13.4. The van der Waals surface area contributed by atoms with Crippen LogP contribution in [0.4, 0.5) is 4.39 Å². The van der Waals surface area contributed by atoms with Crippen LogP contribution in [0.1, 0.15) is 5.69 Å². The summed E-state index contributed by atoms with van der Waals surface area (Å²) in [5.74, 6) is 0.00962. The first-order valence-corrected chi connectivity index (χ1v) is 11.4. The fourth-order valence-electron chi connectivity index (χ4n) is 2.93. The summed E-state index contributed by atoms with van der Waals surface area (Å²) >= 11 is 6.93. The van der Waals surface area contributed by atoms with E-state index in [4.69, 9.17) is 4.74 Å². The van der Waals surface area contributed by atoms with Crippen molar-refractivity contribution >= 4 is 52.8 Å². The lowest BCUT2D eigenvalue weighted by Gasteiger charge is -2.12. The Morgan fingerprint density at radius 2 is 1.79 bits per heavy atom. The molecule has 0 N–H and O–H groups in total. The molecule has 2 aromatic carbocycles. The van der Waals surface area contributed by atoms with Crippen LogP contribution >= 0.6 is 31.9 Å². The van der Waals surface area contributed by atoms with Crippen molar-refractivity contribution < 1.29 is 17.5 Å². The molecule has 150 valence electrons. The molecule has 3 rings (SSSR count). The largest absolute Gasteiger partial charge is 0.490 e. The summed E-state index contributed by atoms with van der Waals surface area (Å²) in [6.07, 6.45) is 0. The van der Waals surface area contributed by atoms with Crippen LogP contribution in [0.2, 0.25) is 0 Å². The zero-order valence-electron chi connectivity index (χ0n) is 15.5. The summed E-state index contributed by atoms with van der Waals surface area (Å²) < 4.78 is 48.6. The van der Waals surface area contributed by atoms with Gasteiger partial charge in [0.2, 0.25) is 0 Å². The van der Waals surface area contributed by atoms with Crippen LogP contribution in [0.15, 0.2) is 50.2 Å². The van der Waals surface area contributed by atoms with Crippen molar-refractivity contribution in [2.45, 2.75) is 11.8 Å². The Kier molecular flexibility index (Phi) is 6.19. The fraction of sp³-hybridized carbons (Fsp3) is 0.263. The van der Waals surface area contributed by atoms with Crippen molar-refractivity contribution in [3.05, 3.63) is 56.9 Å². The second-order valence-electron chi connectivity index (χ2n) is 6.57. The maximum Gasteiger partial charge on any atom is 0.268 e. The SMILES string of the molecule is Cc1c(OCCN(C)C)c2cc(Br)cc(Br)c2n1S(=O)(=O)c1ccc(F)cc1. The quantitative estimate of drug-likeness (QED) is 0.457. The van der Waals surface area contributed by atoms with Gasteiger partial charge in [-0.2, -0.15) is 0 Å². The molecule has 0 amide bonds. The molecular weight excluding hydrogens is 515 g/mol. The molecular formula is C19H19Br2FN2O3S. The number of rotatable bonds is 6. The smallest absolute Gasteiger partial charge is 0.268 e. The van der Waals surface area contributed by atoms with Crippen LogP contribution in [0.5, 0.6) is 5.75 Å². The molecule has 1 heterocycles. The van der Waals surface area contributed by atoms with Crippen LogP contribution in [0, 0.1) is 12.7 Å². The Labute approximate surface area is 180 Å². The number of hydrogen-bond donors (Lipinski definition) is 0. The Morgan fingerprint density at radius 3 is 2.39 bits per heavy atom. The van der Waals surface area contributed by atoms with Gasteiger partial charge in [0.25, 0.3) is 10.0 Å². The first-order valence-electron chi connectivity index (χ1n) is 8.41. The minimum Gasteiger partial charge on any atom is -0.490 e. The summed E-state index contributed by atoms with van der Waals surface area (Å²) in [5.41, 5.74) is 0.932. The van der Waals surface area contributed by atoms with Crippen LogP contribution < -0.4 is 4.74 Å². The third-order valence-corrected chi connectivity index (χ3v) is 7.11. The van der Waals surface area contributed by atoms with Gasteiger partial charge in [-0.3, -0.25) is 0 Å². The van der Waals surface area contributed by atoms with Crippen molar-refractivity contribution in [1.82, 2.24) is 8.87 Å². The van der Waals surface area contributed by atoms with Gasteiger partial charge in [-0.15, -0.1) is 0 Å². The summed E-state index contributed by atoms with van der Waals surface area (Å²) in [6.45, 7) is 2.80. The molecule has 0 fully saturated rings. The number of ether oxygens (including phenoxy) is 1. The first-order chi connectivity index (χ1) is 13.1. The fourth-order valence-corrected chi connectivity index (χ4v) is 6.02. The van der Waals surface area contributed by atoms with Gasteiger partial charge in [0.15, 0.2) is 0 Å². The number of nitrogens with zero attached hydrogens (tertiary/aromatic N) is 2. The summed E-state index contributed by atoms with van der Waals surface area (Å²) in [5, 5.41) is 0.670. The number of likely N-dealkylation sites (N-methyl/N-ethyl adjacent to an activating group) is 1. The molecule has 0 aliphatic heterocycles. The van der Waals surface area contributed by atoms with Crippen LogP contribution in [0.25, 0.3) is 10.9 Å². The summed E-state index contributed by atoms with van der Waals surface area (Å²) in [6, 6.07) is 8.39. The van der Waals surface area contributed by atoms with Crippen molar-refractivity contribution in [1.29, 1.82) is 0 Å². The van der Waals surface area contributed by atoms with E-state index in [0.717, 1.165) is 16.6 Å². The number of halogens is 3. The molecule has 0 saturated heterocycles. The van der Waals surface area contributed by atoms with Gasteiger partial charge in [0, 0.05) is 20.9 Å². The van der Waals surface area contributed by atoms with E-state index in [-0.39, 0.29) is 4.90 Å². The van der Waals surface area contributed by atoms with Crippen molar-refractivity contribution in [3.8, 4) is 5.75 Å². The normalized spacial score (nSPS) is 12.1. The Bertz CT molecular complexity index is 1130. The zero-order chi connectivity index (χ0) is 20.6. The molecule has 0 bridgehead atoms. The topological polar surface area (TPSA) is 51.5 Å². The molecule has 0 aliphatic carbocycles. The summed E-state index contributed by atoms with van der Waals surface area (Å²) in [4.78, 5) is 1.99. The van der Waals surface area contributed by atoms with E-state index in [1.54, 1.807) is 13.0 Å². The highest BCUT2D eigenvalue weighted by molar-refractivity contribution is 9.11. The lowest BCUT2D eigenvalue weighted by atomic mass is 10.2. The molecule has 28 heavy (non-hydrogen) atoms. The lowest BCUT2D eigenvalue weighted by molar-refractivity contribution is 0.262. The highest BCUT2D eigenvalue weighted by atomic mass is 79.9. The molecule has 0 atom stereocenters. The standard InChI is InChI=1S/C19H19Br2FN2O3S/c1-12-19(27-9-8-23(2)3)16-10-13(20)11-17(21)18(16)24(12)28(25,26)15-6-4-14(22)5-7-15/h4-7,10-11H,8-9H2,1-3H3. The van der Waals surface area contributed by atoms with Gasteiger partial charge in [-0.1, -0.05) is 15.9 Å².